The van der Waals surface area contributed by atoms with Gasteiger partial charge in [-0.1, -0.05) is 0 Å². The highest BCUT2D eigenvalue weighted by molar-refractivity contribution is 5.95. The number of nitrogens with zero attached hydrogens (tertiary/aromatic N) is 3. The van der Waals surface area contributed by atoms with Crippen LogP contribution in [0.25, 0.3) is 11.5 Å². The Morgan fingerprint density at radius 1 is 1.10 bits per heavy atom. The predicted octanol–water partition coefficient (Wildman–Crippen LogP) is 3.69. The van der Waals surface area contributed by atoms with Crippen molar-refractivity contribution in [2.75, 3.05) is 19.9 Å². The van der Waals surface area contributed by atoms with Crippen LogP contribution in [0.1, 0.15) is 46.5 Å². The zero-order valence-corrected chi connectivity index (χ0v) is 16.3. The summed E-state index contributed by atoms with van der Waals surface area (Å²) in [7, 11) is 0. The van der Waals surface area contributed by atoms with Crippen molar-refractivity contribution in [1.29, 1.82) is 0 Å². The van der Waals surface area contributed by atoms with E-state index in [1.54, 1.807) is 6.07 Å². The number of carbonyl (C=O) groups is 1. The molecule has 29 heavy (non-hydrogen) atoms. The lowest BCUT2D eigenvalue weighted by atomic mass is 9.97. The minimum Gasteiger partial charge on any atom is -0.466 e. The Morgan fingerprint density at radius 2 is 1.97 bits per heavy atom. The van der Waals surface area contributed by atoms with E-state index in [0.29, 0.717) is 47.7 Å². The van der Waals surface area contributed by atoms with Crippen molar-refractivity contribution in [3.05, 3.63) is 47.2 Å². The number of amides is 1. The van der Waals surface area contributed by atoms with Crippen LogP contribution in [0.15, 0.2) is 33.1 Å². The lowest BCUT2D eigenvalue weighted by Crippen LogP contribution is -2.39. The van der Waals surface area contributed by atoms with Crippen LogP contribution >= 0.6 is 0 Å². The van der Waals surface area contributed by atoms with Crippen LogP contribution < -0.4 is 9.47 Å². The Kier molecular flexibility index (Phi) is 4.26. The number of hydrogen-bond donors (Lipinski definition) is 0. The number of piperidine rings is 1. The summed E-state index contributed by atoms with van der Waals surface area (Å²) in [6.45, 7) is 5.14. The Balaban J connectivity index is 1.34. The summed E-state index contributed by atoms with van der Waals surface area (Å²) in [5, 5.41) is 8.45. The van der Waals surface area contributed by atoms with Gasteiger partial charge in [0, 0.05) is 18.7 Å². The number of furan rings is 1. The van der Waals surface area contributed by atoms with Gasteiger partial charge in [0.2, 0.25) is 18.6 Å². The number of hydrogen-bond acceptors (Lipinski definition) is 7. The summed E-state index contributed by atoms with van der Waals surface area (Å²) in [4.78, 5) is 14.8. The molecule has 1 atom stereocenters. The van der Waals surface area contributed by atoms with E-state index >= 15 is 0 Å². The highest BCUT2D eigenvalue weighted by atomic mass is 16.7. The third-order valence-corrected chi connectivity index (χ3v) is 5.39. The number of benzene rings is 1. The lowest BCUT2D eigenvalue weighted by Gasteiger charge is -2.31. The lowest BCUT2D eigenvalue weighted by molar-refractivity contribution is 0.0696. The maximum atomic E-state index is 12.9. The number of ether oxygens (including phenoxy) is 2. The standard InChI is InChI=1S/C21H21N3O5/c1-12-8-16(13(2)28-12)21(25)24-7-3-4-15(10-24)20-23-22-19(29-20)14-5-6-17-18(9-14)27-11-26-17/h5-6,8-9,15H,3-4,7,10-11H2,1-2H3/t15-/m0/s1. The highest BCUT2D eigenvalue weighted by Gasteiger charge is 2.30. The minimum atomic E-state index is -0.0143. The van der Waals surface area contributed by atoms with E-state index in [1.165, 1.54) is 0 Å². The SMILES string of the molecule is Cc1cc(C(=O)N2CCC[C@H](c3nnc(-c4ccc5c(c4)OCO5)o3)C2)c(C)o1. The minimum absolute atomic E-state index is 0.0104. The molecular formula is C21H21N3O5. The van der Waals surface area contributed by atoms with Gasteiger partial charge in [-0.05, 0) is 51.0 Å². The van der Waals surface area contributed by atoms with Gasteiger partial charge < -0.3 is 23.2 Å². The average Bonchev–Trinajstić information content (AvgIpc) is 3.46. The average molecular weight is 395 g/mol. The number of fused-ring (bicyclic) bond motifs is 1. The molecule has 1 saturated heterocycles. The van der Waals surface area contributed by atoms with E-state index < -0.39 is 0 Å². The fraction of sp³-hybridized carbons (Fsp3) is 0.381. The van der Waals surface area contributed by atoms with Gasteiger partial charge in [0.15, 0.2) is 11.5 Å². The number of carbonyl (C=O) groups excluding carboxylic acids is 1. The molecule has 0 aliphatic carbocycles. The van der Waals surface area contributed by atoms with Gasteiger partial charge in [-0.3, -0.25) is 4.79 Å². The van der Waals surface area contributed by atoms with Gasteiger partial charge in [0.05, 0.1) is 11.5 Å². The Hall–Kier alpha value is -3.29. The maximum absolute atomic E-state index is 12.9. The van der Waals surface area contributed by atoms with Gasteiger partial charge in [-0.15, -0.1) is 10.2 Å². The summed E-state index contributed by atoms with van der Waals surface area (Å²) < 4.78 is 22.2. The van der Waals surface area contributed by atoms with Gasteiger partial charge in [0.1, 0.15) is 11.5 Å². The second-order valence-corrected chi connectivity index (χ2v) is 7.43. The van der Waals surface area contributed by atoms with E-state index in [4.69, 9.17) is 18.3 Å². The number of rotatable bonds is 3. The largest absolute Gasteiger partial charge is 0.466 e. The number of likely N-dealkylation sites (tertiary alicyclic amines) is 1. The van der Waals surface area contributed by atoms with Crippen molar-refractivity contribution < 1.29 is 23.1 Å². The summed E-state index contributed by atoms with van der Waals surface area (Å²) in [5.41, 5.74) is 1.40. The molecule has 1 fully saturated rings. The van der Waals surface area contributed by atoms with Crippen LogP contribution in [0, 0.1) is 13.8 Å². The molecule has 0 N–H and O–H groups in total. The van der Waals surface area contributed by atoms with Gasteiger partial charge in [-0.25, -0.2) is 0 Å². The molecule has 3 aromatic rings. The smallest absolute Gasteiger partial charge is 0.257 e. The van der Waals surface area contributed by atoms with E-state index in [2.05, 4.69) is 10.2 Å². The normalized spacial score (nSPS) is 18.3. The molecule has 4 heterocycles. The second-order valence-electron chi connectivity index (χ2n) is 7.43. The molecule has 2 aliphatic heterocycles. The predicted molar refractivity (Wildman–Crippen MR) is 102 cm³/mol. The van der Waals surface area contributed by atoms with Gasteiger partial charge in [0.25, 0.3) is 5.91 Å². The molecule has 2 aliphatic rings. The first-order valence-electron chi connectivity index (χ1n) is 9.68. The van der Waals surface area contributed by atoms with Crippen LogP contribution in [0.3, 0.4) is 0 Å². The van der Waals surface area contributed by atoms with Crippen molar-refractivity contribution in [3.8, 4) is 23.0 Å². The third-order valence-electron chi connectivity index (χ3n) is 5.39. The van der Waals surface area contributed by atoms with Crippen molar-refractivity contribution in [2.24, 2.45) is 0 Å². The molecule has 150 valence electrons. The van der Waals surface area contributed by atoms with Crippen LogP contribution in [0.4, 0.5) is 0 Å². The first-order valence-corrected chi connectivity index (χ1v) is 9.68. The topological polar surface area (TPSA) is 90.8 Å². The van der Waals surface area contributed by atoms with Gasteiger partial charge in [-0.2, -0.15) is 0 Å². The molecule has 8 heteroatoms. The first kappa shape index (κ1) is 17.8. The van der Waals surface area contributed by atoms with E-state index in [9.17, 15) is 4.79 Å². The zero-order chi connectivity index (χ0) is 20.0. The molecule has 0 bridgehead atoms. The summed E-state index contributed by atoms with van der Waals surface area (Å²) in [6.07, 6.45) is 1.78. The van der Waals surface area contributed by atoms with Crippen molar-refractivity contribution in [1.82, 2.24) is 15.1 Å². The third kappa shape index (κ3) is 3.24. The number of aromatic nitrogens is 2. The Labute approximate surface area is 167 Å². The molecule has 5 rings (SSSR count). The Bertz CT molecular complexity index is 1070. The van der Waals surface area contributed by atoms with Crippen LogP contribution in [-0.4, -0.2) is 40.9 Å². The summed E-state index contributed by atoms with van der Waals surface area (Å²) in [5.74, 6) is 3.75. The molecular weight excluding hydrogens is 374 g/mol. The Morgan fingerprint density at radius 3 is 2.79 bits per heavy atom. The summed E-state index contributed by atoms with van der Waals surface area (Å²) >= 11 is 0. The molecule has 0 radical (unpaired) electrons. The monoisotopic (exact) mass is 395 g/mol. The zero-order valence-electron chi connectivity index (χ0n) is 16.3. The molecule has 1 amide bonds. The van der Waals surface area contributed by atoms with Crippen LogP contribution in [-0.2, 0) is 0 Å². The molecule has 8 nitrogen and oxygen atoms in total. The molecule has 0 spiro atoms. The number of aryl methyl sites for hydroxylation is 2. The van der Waals surface area contributed by atoms with Crippen molar-refractivity contribution in [2.45, 2.75) is 32.6 Å². The van der Waals surface area contributed by atoms with E-state index in [0.717, 1.165) is 24.2 Å². The van der Waals surface area contributed by atoms with Gasteiger partial charge >= 0.3 is 0 Å². The fourth-order valence-corrected chi connectivity index (χ4v) is 3.92. The second kappa shape index (κ2) is 6.95. The van der Waals surface area contributed by atoms with Crippen molar-refractivity contribution in [3.63, 3.8) is 0 Å². The first-order chi connectivity index (χ1) is 14.1. The van der Waals surface area contributed by atoms with E-state index in [-0.39, 0.29) is 18.6 Å². The molecule has 0 saturated carbocycles. The molecule has 1 aromatic carbocycles. The fourth-order valence-electron chi connectivity index (χ4n) is 3.92. The molecule has 0 unspecified atom stereocenters. The highest BCUT2D eigenvalue weighted by Crippen LogP contribution is 2.36. The quantitative estimate of drug-likeness (QED) is 0.668. The maximum Gasteiger partial charge on any atom is 0.257 e. The summed E-state index contributed by atoms with van der Waals surface area (Å²) in [6, 6.07) is 7.33. The van der Waals surface area contributed by atoms with Crippen LogP contribution in [0.2, 0.25) is 0 Å². The molecule has 2 aromatic heterocycles. The van der Waals surface area contributed by atoms with Crippen molar-refractivity contribution >= 4 is 5.91 Å². The van der Waals surface area contributed by atoms with E-state index in [1.807, 2.05) is 36.9 Å². The van der Waals surface area contributed by atoms with Crippen LogP contribution in [0.5, 0.6) is 11.5 Å².